The Kier molecular flexibility index (Phi) is 4780. The van der Waals surface area contributed by atoms with Gasteiger partial charge in [-0.1, -0.05) is 0 Å². The number of hydrogen-bond acceptors (Lipinski definition) is 0. The molecule has 0 bridgehead atoms. The van der Waals surface area contributed by atoms with Crippen LogP contribution in [0.4, 0.5) is 0 Å². The molecule has 0 fully saturated rings. The van der Waals surface area contributed by atoms with Crippen LogP contribution >= 0.6 is 0 Å². The van der Waals surface area contributed by atoms with E-state index < -0.39 is 0 Å². The van der Waals surface area contributed by atoms with Crippen LogP contribution in [0.3, 0.4) is 0 Å². The quantitative estimate of drug-likeness (QED) is 0.514. The minimum atomic E-state index is 0. The maximum atomic E-state index is 0. The van der Waals surface area contributed by atoms with E-state index in [-0.39, 0.29) is 48.5 Å². The topological polar surface area (TPSA) is 85.5 Å². The zero-order valence-corrected chi connectivity index (χ0v) is 6.07. The molecule has 34 valence electrons. The van der Waals surface area contributed by atoms with Gasteiger partial charge in [-0.25, -0.2) is 0 Å². The van der Waals surface area contributed by atoms with E-state index in [1.165, 1.54) is 0 Å². The first-order valence-electron chi connectivity index (χ1n) is 0. The molecule has 0 aliphatic heterocycles. The van der Waals surface area contributed by atoms with Crippen LogP contribution < -0.4 is 0 Å². The molecule has 0 aromatic heterocycles. The van der Waals surface area contributed by atoms with Crippen LogP contribution in [0.15, 0.2) is 0 Å². The smallest absolute Gasteiger partial charge is 0 e. The minimum Gasteiger partial charge on any atom is -2.00 e. The van der Waals surface area contributed by atoms with Crippen molar-refractivity contribution in [3.63, 3.8) is 0 Å². The molecule has 0 saturated heterocycles. The molecule has 0 rings (SSSR count). The third kappa shape index (κ3) is 60.2. The summed E-state index contributed by atoms with van der Waals surface area (Å²) in [5.41, 5.74) is 0. The van der Waals surface area contributed by atoms with Gasteiger partial charge in [0.05, 0.1) is 0 Å². The fraction of sp³-hybridized carbons (Fsp3) is 0. The van der Waals surface area contributed by atoms with Crippen molar-refractivity contribution in [2.75, 3.05) is 0 Å². The summed E-state index contributed by atoms with van der Waals surface area (Å²) in [6, 6.07) is 0. The van der Waals surface area contributed by atoms with E-state index in [1.807, 2.05) is 0 Å². The Hall–Kier alpha value is 0.785. The van der Waals surface area contributed by atoms with Gasteiger partial charge in [-0.15, -0.1) is 0 Å². The third-order valence-corrected chi connectivity index (χ3v) is 0. The molecule has 3 nitrogen and oxygen atoms in total. The molecular formula is O3SiW-6. The van der Waals surface area contributed by atoms with E-state index in [9.17, 15) is 0 Å². The standard InChI is InChI=1S/3O.Si.W/q3*-2;;. The van der Waals surface area contributed by atoms with Gasteiger partial charge >= 0.3 is 0 Å². The fourth-order valence-electron chi connectivity index (χ4n) is 0. The predicted octanol–water partition coefficient (Wildman–Crippen LogP) is -0.740. The molecule has 0 heterocycles. The second-order valence-electron chi connectivity index (χ2n) is 0. The molecule has 0 atom stereocenters. The molecule has 4 radical (unpaired) electrons. The maximum absolute atomic E-state index is 0. The molecule has 0 saturated carbocycles. The van der Waals surface area contributed by atoms with Crippen molar-refractivity contribution < 1.29 is 37.5 Å². The first kappa shape index (κ1) is 215. The van der Waals surface area contributed by atoms with E-state index in [2.05, 4.69) is 0 Å². The summed E-state index contributed by atoms with van der Waals surface area (Å²) in [4.78, 5) is 0. The van der Waals surface area contributed by atoms with Crippen molar-refractivity contribution in [3.05, 3.63) is 0 Å². The summed E-state index contributed by atoms with van der Waals surface area (Å²) < 4.78 is 0. The van der Waals surface area contributed by atoms with Crippen molar-refractivity contribution >= 4 is 11.0 Å². The van der Waals surface area contributed by atoms with E-state index >= 15 is 0 Å². The fourth-order valence-corrected chi connectivity index (χ4v) is 0. The predicted molar refractivity (Wildman–Crippen MR) is 7.81 cm³/mol. The second kappa shape index (κ2) is 111. The van der Waals surface area contributed by atoms with E-state index in [0.717, 1.165) is 0 Å². The Morgan fingerprint density at radius 2 is 0.600 bits per heavy atom. The minimum absolute atomic E-state index is 0. The van der Waals surface area contributed by atoms with Gasteiger partial charge in [0.1, 0.15) is 0 Å². The molecule has 5 heavy (non-hydrogen) atoms. The molecule has 0 spiro atoms. The van der Waals surface area contributed by atoms with Gasteiger partial charge in [0.2, 0.25) is 0 Å². The first-order chi connectivity index (χ1) is 0. The zero-order chi connectivity index (χ0) is 0. The van der Waals surface area contributed by atoms with Gasteiger partial charge in [0.15, 0.2) is 0 Å². The maximum Gasteiger partial charge on any atom is 0 e. The van der Waals surface area contributed by atoms with Gasteiger partial charge in [0.25, 0.3) is 0 Å². The molecule has 0 aliphatic carbocycles. The molecule has 0 aromatic carbocycles. The van der Waals surface area contributed by atoms with Gasteiger partial charge in [-0.3, -0.25) is 0 Å². The Bertz CT molecular complexity index is 6.85. The van der Waals surface area contributed by atoms with Crippen LogP contribution in [0.25, 0.3) is 0 Å². The van der Waals surface area contributed by atoms with Crippen LogP contribution in [0.2, 0.25) is 0 Å². The average Bonchev–Trinajstić information content (AvgIpc) is 0. The SMILES string of the molecule is [O-2].[O-2].[O-2].[Si].[W]. The molecule has 0 aliphatic rings. The van der Waals surface area contributed by atoms with E-state index in [0.29, 0.717) is 0 Å². The van der Waals surface area contributed by atoms with Crippen molar-refractivity contribution in [1.29, 1.82) is 0 Å². The van der Waals surface area contributed by atoms with Crippen LogP contribution in [0, 0.1) is 0 Å². The molecule has 0 unspecified atom stereocenters. The summed E-state index contributed by atoms with van der Waals surface area (Å²) in [5.74, 6) is 0. The van der Waals surface area contributed by atoms with Crippen molar-refractivity contribution in [3.8, 4) is 0 Å². The van der Waals surface area contributed by atoms with Gasteiger partial charge < -0.3 is 16.4 Å². The van der Waals surface area contributed by atoms with Crippen LogP contribution in [-0.4, -0.2) is 11.0 Å². The van der Waals surface area contributed by atoms with E-state index in [1.54, 1.807) is 0 Å². The molecule has 0 aromatic rings. The normalized spacial score (nSPS) is 0. The Balaban J connectivity index is 0. The van der Waals surface area contributed by atoms with Gasteiger partial charge in [-0.2, -0.15) is 0 Å². The van der Waals surface area contributed by atoms with Crippen molar-refractivity contribution in [1.82, 2.24) is 0 Å². The molecular weight excluding hydrogens is 260 g/mol. The number of rotatable bonds is 0. The van der Waals surface area contributed by atoms with Gasteiger partial charge in [-0.05, 0) is 0 Å². The summed E-state index contributed by atoms with van der Waals surface area (Å²) in [5, 5.41) is 0. The molecule has 0 N–H and O–H groups in total. The third-order valence-electron chi connectivity index (χ3n) is 0. The summed E-state index contributed by atoms with van der Waals surface area (Å²) in [6.45, 7) is 0. The van der Waals surface area contributed by atoms with Crippen LogP contribution in [0.1, 0.15) is 0 Å². The van der Waals surface area contributed by atoms with Gasteiger partial charge in [0, 0.05) is 32.0 Å². The van der Waals surface area contributed by atoms with Crippen LogP contribution in [-0.2, 0) is 37.5 Å². The summed E-state index contributed by atoms with van der Waals surface area (Å²) in [7, 11) is 0. The zero-order valence-electron chi connectivity index (χ0n) is 2.13. The largest absolute Gasteiger partial charge is 2.00 e. The van der Waals surface area contributed by atoms with E-state index in [4.69, 9.17) is 0 Å². The average molecular weight is 260 g/mol. The Labute approximate surface area is 49.0 Å². The van der Waals surface area contributed by atoms with Crippen LogP contribution in [0.5, 0.6) is 0 Å². The summed E-state index contributed by atoms with van der Waals surface area (Å²) in [6.07, 6.45) is 0. The molecule has 0 amide bonds. The summed E-state index contributed by atoms with van der Waals surface area (Å²) >= 11 is 0. The monoisotopic (exact) mass is 260 g/mol. The Morgan fingerprint density at radius 1 is 0.600 bits per heavy atom. The van der Waals surface area contributed by atoms with Crippen molar-refractivity contribution in [2.45, 2.75) is 0 Å². The second-order valence-corrected chi connectivity index (χ2v) is 0. The van der Waals surface area contributed by atoms with Crippen molar-refractivity contribution in [2.24, 2.45) is 0 Å². The Morgan fingerprint density at radius 3 is 0.600 bits per heavy atom. The first-order valence-corrected chi connectivity index (χ1v) is 0. The number of hydrogen-bond donors (Lipinski definition) is 0. The molecule has 5 heteroatoms.